The van der Waals surface area contributed by atoms with Crippen molar-refractivity contribution < 1.29 is 26.4 Å². The van der Waals surface area contributed by atoms with Gasteiger partial charge < -0.3 is 16.0 Å². The molecule has 3 aromatic rings. The first kappa shape index (κ1) is 25.6. The monoisotopic (exact) mass is 555 g/mol. The Morgan fingerprint density at radius 1 is 1.22 bits per heavy atom. The highest BCUT2D eigenvalue weighted by molar-refractivity contribution is 7.91. The van der Waals surface area contributed by atoms with E-state index in [1.54, 1.807) is 24.3 Å². The maximum Gasteiger partial charge on any atom is 0.262 e. The summed E-state index contributed by atoms with van der Waals surface area (Å²) in [5.41, 5.74) is 6.17. The molecule has 5 rings (SSSR count). The van der Waals surface area contributed by atoms with E-state index in [0.29, 0.717) is 10.6 Å². The highest BCUT2D eigenvalue weighted by Gasteiger charge is 2.39. The molecule has 1 saturated heterocycles. The van der Waals surface area contributed by atoms with Crippen LogP contribution in [0, 0.1) is 5.82 Å². The van der Waals surface area contributed by atoms with Gasteiger partial charge in [0.1, 0.15) is 5.82 Å². The number of anilines is 1. The van der Waals surface area contributed by atoms with Crippen LogP contribution in [0.3, 0.4) is 0 Å². The van der Waals surface area contributed by atoms with Gasteiger partial charge in [-0.15, -0.1) is 10.2 Å². The third-order valence-corrected chi connectivity index (χ3v) is 8.25. The lowest BCUT2D eigenvalue weighted by atomic mass is 10.1. The van der Waals surface area contributed by atoms with E-state index < -0.39 is 63.2 Å². The minimum Gasteiger partial charge on any atom is -0.319 e. The number of fused-ring (bicyclic) bond motifs is 1. The Bertz CT molecular complexity index is 1470. The molecule has 0 aliphatic carbocycles. The summed E-state index contributed by atoms with van der Waals surface area (Å²) < 4.78 is 68.9. The number of nitrogens with zero attached hydrogens (tertiary/aromatic N) is 5. The van der Waals surface area contributed by atoms with Crippen LogP contribution in [-0.4, -0.2) is 65.3 Å². The fraction of sp³-hybridized carbons (Fsp3) is 0.364. The van der Waals surface area contributed by atoms with Crippen molar-refractivity contribution >= 4 is 33.0 Å². The molecule has 10 nitrogen and oxygen atoms in total. The largest absolute Gasteiger partial charge is 0.319 e. The Labute approximate surface area is 214 Å². The van der Waals surface area contributed by atoms with Gasteiger partial charge in [-0.2, -0.15) is 4.80 Å². The summed E-state index contributed by atoms with van der Waals surface area (Å²) in [6.45, 7) is -0.379. The van der Waals surface area contributed by atoms with Crippen molar-refractivity contribution in [2.24, 2.45) is 5.73 Å². The van der Waals surface area contributed by atoms with E-state index in [-0.39, 0.29) is 30.2 Å². The van der Waals surface area contributed by atoms with Crippen LogP contribution in [0.2, 0.25) is 5.02 Å². The number of nitrogens with one attached hydrogen (secondary N) is 1. The van der Waals surface area contributed by atoms with Gasteiger partial charge in [-0.05, 0) is 35.0 Å². The molecule has 1 unspecified atom stereocenters. The van der Waals surface area contributed by atoms with Crippen LogP contribution in [-0.2, 0) is 21.2 Å². The van der Waals surface area contributed by atoms with Gasteiger partial charge in [0, 0.05) is 18.0 Å². The summed E-state index contributed by atoms with van der Waals surface area (Å²) in [6, 6.07) is 6.26. The highest BCUT2D eigenvalue weighted by atomic mass is 35.5. The zero-order chi connectivity index (χ0) is 26.5. The van der Waals surface area contributed by atoms with Crippen LogP contribution in [0.5, 0.6) is 0 Å². The fourth-order valence-electron chi connectivity index (χ4n) is 4.39. The zero-order valence-electron chi connectivity index (χ0n) is 19.1. The van der Waals surface area contributed by atoms with E-state index in [1.165, 1.54) is 0 Å². The van der Waals surface area contributed by atoms with Gasteiger partial charge >= 0.3 is 0 Å². The van der Waals surface area contributed by atoms with Crippen molar-refractivity contribution in [1.29, 1.82) is 0 Å². The lowest BCUT2D eigenvalue weighted by molar-refractivity contribution is -0.119. The average molecular weight is 556 g/mol. The molecule has 1 amide bonds. The number of halogens is 4. The number of nitrogens with two attached hydrogens (primary N) is 1. The minimum atomic E-state index is -4.14. The van der Waals surface area contributed by atoms with E-state index in [2.05, 4.69) is 20.7 Å². The molecule has 196 valence electrons. The number of hydrogen-bond acceptors (Lipinski definition) is 8. The number of carbonyl (C=O) groups is 1. The molecule has 0 saturated carbocycles. The molecule has 0 bridgehead atoms. The minimum absolute atomic E-state index is 0.0692. The second-order valence-corrected chi connectivity index (χ2v) is 11.5. The lowest BCUT2D eigenvalue weighted by Crippen LogP contribution is -2.45. The molecule has 2 aliphatic heterocycles. The van der Waals surface area contributed by atoms with Crippen molar-refractivity contribution in [3.63, 3.8) is 0 Å². The lowest BCUT2D eigenvalue weighted by Gasteiger charge is -2.28. The number of tetrazole rings is 1. The number of hydrogen-bond donors (Lipinski definition) is 2. The second kappa shape index (κ2) is 9.35. The standard InChI is InChI=1S/C22H21ClF3N7O3S/c23-13-3-1-12(2-4-13)9-32-18-5-15(16(24)6-19(18)37(35,36)10-17(27)21(32)34)20-29-31-33(30-20)14-7-22(25,26)11-28-8-14/h1-6,14,17,28H,7-11,27H2/t14?,17-/m0/s1. The van der Waals surface area contributed by atoms with Crippen LogP contribution < -0.4 is 16.0 Å². The Hall–Kier alpha value is -3.07. The predicted molar refractivity (Wildman–Crippen MR) is 127 cm³/mol. The molecule has 2 aliphatic rings. The van der Waals surface area contributed by atoms with Gasteiger partial charge in [0.25, 0.3) is 5.92 Å². The van der Waals surface area contributed by atoms with E-state index >= 15 is 4.39 Å². The second-order valence-electron chi connectivity index (χ2n) is 9.02. The van der Waals surface area contributed by atoms with Gasteiger partial charge in [0.15, 0.2) is 9.84 Å². The molecule has 15 heteroatoms. The van der Waals surface area contributed by atoms with E-state index in [1.807, 2.05) is 0 Å². The number of sulfone groups is 1. The Morgan fingerprint density at radius 2 is 1.95 bits per heavy atom. The first-order chi connectivity index (χ1) is 17.4. The smallest absolute Gasteiger partial charge is 0.262 e. The van der Waals surface area contributed by atoms with Crippen LogP contribution >= 0.6 is 11.6 Å². The first-order valence-corrected chi connectivity index (χ1v) is 13.2. The molecule has 37 heavy (non-hydrogen) atoms. The van der Waals surface area contributed by atoms with E-state index in [9.17, 15) is 22.0 Å². The molecule has 2 atom stereocenters. The maximum atomic E-state index is 15.2. The van der Waals surface area contributed by atoms with Gasteiger partial charge in [0.05, 0.1) is 47.1 Å². The number of benzene rings is 2. The van der Waals surface area contributed by atoms with Crippen LogP contribution in [0.25, 0.3) is 11.4 Å². The summed E-state index contributed by atoms with van der Waals surface area (Å²) in [6.07, 6.45) is -0.526. The summed E-state index contributed by atoms with van der Waals surface area (Å²) in [4.78, 5) is 14.9. The summed E-state index contributed by atoms with van der Waals surface area (Å²) >= 11 is 5.94. The highest BCUT2D eigenvalue weighted by Crippen LogP contribution is 2.37. The predicted octanol–water partition coefficient (Wildman–Crippen LogP) is 1.95. The summed E-state index contributed by atoms with van der Waals surface area (Å²) in [5, 5.41) is 14.8. The molecular formula is C22H21ClF3N7O3S. The normalized spacial score (nSPS) is 22.9. The molecule has 0 spiro atoms. The summed E-state index contributed by atoms with van der Waals surface area (Å²) in [7, 11) is -4.14. The van der Waals surface area contributed by atoms with Crippen molar-refractivity contribution in [2.45, 2.75) is 35.9 Å². The fourth-order valence-corrected chi connectivity index (χ4v) is 6.08. The molecule has 1 fully saturated rings. The molecule has 1 aromatic heterocycles. The molecule has 2 aromatic carbocycles. The Balaban J connectivity index is 1.58. The number of amides is 1. The quantitative estimate of drug-likeness (QED) is 0.498. The zero-order valence-corrected chi connectivity index (χ0v) is 20.7. The van der Waals surface area contributed by atoms with Crippen LogP contribution in [0.1, 0.15) is 18.0 Å². The third-order valence-electron chi connectivity index (χ3n) is 6.20. The molecule has 3 heterocycles. The Kier molecular flexibility index (Phi) is 6.46. The maximum absolute atomic E-state index is 15.2. The van der Waals surface area contributed by atoms with Gasteiger partial charge in [0.2, 0.25) is 11.7 Å². The van der Waals surface area contributed by atoms with Crippen molar-refractivity contribution in [3.05, 3.63) is 52.8 Å². The number of piperidine rings is 1. The van der Waals surface area contributed by atoms with Gasteiger partial charge in [-0.1, -0.05) is 23.7 Å². The number of aromatic nitrogens is 4. The van der Waals surface area contributed by atoms with E-state index in [4.69, 9.17) is 17.3 Å². The van der Waals surface area contributed by atoms with Gasteiger partial charge in [-0.3, -0.25) is 4.79 Å². The number of rotatable bonds is 4. The van der Waals surface area contributed by atoms with Crippen LogP contribution in [0.15, 0.2) is 41.3 Å². The van der Waals surface area contributed by atoms with Gasteiger partial charge in [-0.25, -0.2) is 21.6 Å². The Morgan fingerprint density at radius 3 is 2.65 bits per heavy atom. The van der Waals surface area contributed by atoms with Crippen LogP contribution in [0.4, 0.5) is 18.9 Å². The molecule has 0 radical (unpaired) electrons. The average Bonchev–Trinajstić information content (AvgIpc) is 3.30. The van der Waals surface area contributed by atoms with Crippen molar-refractivity contribution in [2.75, 3.05) is 23.7 Å². The van der Waals surface area contributed by atoms with Crippen molar-refractivity contribution in [1.82, 2.24) is 25.5 Å². The topological polar surface area (TPSA) is 136 Å². The number of carbonyl (C=O) groups excluding carboxylic acids is 1. The first-order valence-electron chi connectivity index (χ1n) is 11.2. The summed E-state index contributed by atoms with van der Waals surface area (Å²) in [5.74, 6) is -5.59. The third kappa shape index (κ3) is 5.06. The van der Waals surface area contributed by atoms with Crippen molar-refractivity contribution in [3.8, 4) is 11.4 Å². The number of alkyl halides is 2. The van der Waals surface area contributed by atoms with E-state index in [0.717, 1.165) is 21.8 Å². The molecule has 3 N–H and O–H groups in total. The SMILES string of the molecule is N[C@H]1CS(=O)(=O)c2cc(F)c(-c3nnn(C4CNCC(F)(F)C4)n3)cc2N(Cc2ccc(Cl)cc2)C1=O. The molecular weight excluding hydrogens is 535 g/mol.